The molecule has 140 valence electrons. The molecule has 3 heterocycles. The van der Waals surface area contributed by atoms with E-state index in [-0.39, 0.29) is 12.2 Å². The van der Waals surface area contributed by atoms with Crippen LogP contribution in [-0.2, 0) is 20.6 Å². The third-order valence-electron chi connectivity index (χ3n) is 4.74. The molecular weight excluding hydrogens is 414 g/mol. The van der Waals surface area contributed by atoms with Crippen LogP contribution in [0.3, 0.4) is 0 Å². The number of nitrogens with zero attached hydrogens (tertiary/aromatic N) is 5. The van der Waals surface area contributed by atoms with Crippen molar-refractivity contribution in [2.24, 2.45) is 14.1 Å². The van der Waals surface area contributed by atoms with Crippen LogP contribution in [0, 0.1) is 0 Å². The molecule has 4 rings (SSSR count). The third-order valence-corrected chi connectivity index (χ3v) is 5.26. The van der Waals surface area contributed by atoms with Crippen LogP contribution in [0.1, 0.15) is 6.42 Å². The van der Waals surface area contributed by atoms with Crippen LogP contribution in [0.4, 0.5) is 0 Å². The highest BCUT2D eigenvalue weighted by Crippen LogP contribution is 2.26. The lowest BCUT2D eigenvalue weighted by atomic mass is 10.1. The number of fused-ring (bicyclic) bond motifs is 3. The summed E-state index contributed by atoms with van der Waals surface area (Å²) in [4.78, 5) is 29.5. The molecule has 8 nitrogen and oxygen atoms in total. The van der Waals surface area contributed by atoms with Gasteiger partial charge in [0.15, 0.2) is 11.2 Å². The summed E-state index contributed by atoms with van der Waals surface area (Å²) in [5.74, 6) is 0.565. The lowest BCUT2D eigenvalue weighted by Crippen LogP contribution is -2.37. The van der Waals surface area contributed by atoms with E-state index < -0.39 is 5.69 Å². The highest BCUT2D eigenvalue weighted by molar-refractivity contribution is 9.10. The average Bonchev–Trinajstić information content (AvgIpc) is 3.20. The maximum Gasteiger partial charge on any atom is 0.332 e. The average molecular weight is 432 g/mol. The maximum atomic E-state index is 12.7. The molecule has 0 unspecified atom stereocenters. The Morgan fingerprint density at radius 2 is 1.81 bits per heavy atom. The van der Waals surface area contributed by atoms with Gasteiger partial charge in [-0.15, -0.1) is 0 Å². The normalized spacial score (nSPS) is 11.7. The zero-order valence-electron chi connectivity index (χ0n) is 14.9. The Hall–Kier alpha value is -2.65. The predicted molar refractivity (Wildman–Crippen MR) is 106 cm³/mol. The molecule has 0 spiro atoms. The minimum atomic E-state index is -0.414. The topological polar surface area (TPSA) is 86.5 Å². The van der Waals surface area contributed by atoms with Crippen LogP contribution in [0.25, 0.3) is 28.2 Å². The van der Waals surface area contributed by atoms with Gasteiger partial charge in [-0.25, -0.2) is 4.79 Å². The standard InChI is InChI=1S/C18H18BrN5O3/c1-21-15-14(16(26)22(2)18(21)27)24-10-13(11-4-6-12(19)7-5-11)23(8-3-9-25)17(24)20-15/h4-7,10,25H,3,8-9H2,1-2H3. The molecule has 3 aromatic heterocycles. The summed E-state index contributed by atoms with van der Waals surface area (Å²) in [5.41, 5.74) is 1.76. The predicted octanol–water partition coefficient (Wildman–Crippen LogP) is 1.50. The van der Waals surface area contributed by atoms with E-state index in [0.29, 0.717) is 29.9 Å². The smallest absolute Gasteiger partial charge is 0.332 e. The Kier molecular flexibility index (Phi) is 4.27. The molecule has 0 aliphatic heterocycles. The summed E-state index contributed by atoms with van der Waals surface area (Å²) in [7, 11) is 3.06. The molecule has 0 aliphatic carbocycles. The van der Waals surface area contributed by atoms with Crippen molar-refractivity contribution in [3.05, 3.63) is 55.8 Å². The van der Waals surface area contributed by atoms with Crippen molar-refractivity contribution >= 4 is 32.9 Å². The minimum Gasteiger partial charge on any atom is -0.396 e. The van der Waals surface area contributed by atoms with Crippen molar-refractivity contribution in [2.45, 2.75) is 13.0 Å². The molecule has 0 amide bonds. The number of aliphatic hydroxyl groups excluding tert-OH is 1. The van der Waals surface area contributed by atoms with E-state index in [1.54, 1.807) is 11.4 Å². The van der Waals surface area contributed by atoms with E-state index in [1.807, 2.05) is 35.0 Å². The number of aromatic nitrogens is 5. The quantitative estimate of drug-likeness (QED) is 0.530. The Balaban J connectivity index is 2.09. The van der Waals surface area contributed by atoms with Crippen LogP contribution in [0.15, 0.2) is 44.5 Å². The zero-order valence-corrected chi connectivity index (χ0v) is 16.5. The summed E-state index contributed by atoms with van der Waals surface area (Å²) < 4.78 is 7.12. The zero-order chi connectivity index (χ0) is 19.3. The molecule has 0 aliphatic rings. The number of aliphatic hydroxyl groups is 1. The number of hydrogen-bond donors (Lipinski definition) is 1. The van der Waals surface area contributed by atoms with Gasteiger partial charge in [-0.2, -0.15) is 4.98 Å². The van der Waals surface area contributed by atoms with E-state index in [0.717, 1.165) is 20.3 Å². The largest absolute Gasteiger partial charge is 0.396 e. The fourth-order valence-electron chi connectivity index (χ4n) is 3.32. The van der Waals surface area contributed by atoms with E-state index in [1.165, 1.54) is 11.6 Å². The van der Waals surface area contributed by atoms with E-state index in [9.17, 15) is 14.7 Å². The van der Waals surface area contributed by atoms with Gasteiger partial charge in [-0.1, -0.05) is 28.1 Å². The number of imidazole rings is 2. The molecule has 9 heteroatoms. The van der Waals surface area contributed by atoms with Crippen molar-refractivity contribution in [1.29, 1.82) is 0 Å². The van der Waals surface area contributed by atoms with Crippen molar-refractivity contribution in [1.82, 2.24) is 23.1 Å². The molecule has 0 fully saturated rings. The molecule has 0 saturated heterocycles. The fourth-order valence-corrected chi connectivity index (χ4v) is 3.58. The van der Waals surface area contributed by atoms with Crippen LogP contribution >= 0.6 is 15.9 Å². The van der Waals surface area contributed by atoms with E-state index >= 15 is 0 Å². The first-order chi connectivity index (χ1) is 12.9. The minimum absolute atomic E-state index is 0.0462. The first-order valence-corrected chi connectivity index (χ1v) is 9.27. The van der Waals surface area contributed by atoms with E-state index in [2.05, 4.69) is 20.9 Å². The van der Waals surface area contributed by atoms with Gasteiger partial charge in [0.1, 0.15) is 0 Å². The Labute approximate surface area is 162 Å². The Morgan fingerprint density at radius 3 is 2.48 bits per heavy atom. The van der Waals surface area contributed by atoms with Crippen molar-refractivity contribution in [3.63, 3.8) is 0 Å². The summed E-state index contributed by atoms with van der Waals surface area (Å²) in [6.07, 6.45) is 2.41. The van der Waals surface area contributed by atoms with Crippen LogP contribution in [-0.4, -0.2) is 34.8 Å². The van der Waals surface area contributed by atoms with Gasteiger partial charge >= 0.3 is 5.69 Å². The monoisotopic (exact) mass is 431 g/mol. The fraction of sp³-hybridized carbons (Fsp3) is 0.278. The third kappa shape index (κ3) is 2.65. The van der Waals surface area contributed by atoms with Crippen LogP contribution in [0.2, 0.25) is 0 Å². The molecule has 27 heavy (non-hydrogen) atoms. The van der Waals surface area contributed by atoms with Crippen molar-refractivity contribution < 1.29 is 5.11 Å². The van der Waals surface area contributed by atoms with Crippen LogP contribution < -0.4 is 11.2 Å². The van der Waals surface area contributed by atoms with Gasteiger partial charge in [0.05, 0.1) is 5.69 Å². The summed E-state index contributed by atoms with van der Waals surface area (Å²) in [6, 6.07) is 7.85. The Bertz CT molecular complexity index is 1280. The number of rotatable bonds is 4. The molecule has 1 aromatic carbocycles. The SMILES string of the molecule is Cn1c(=O)c2c(nc3n(CCCO)c(-c4ccc(Br)cc4)cn23)n(C)c1=O. The molecule has 0 atom stereocenters. The molecule has 4 aromatic rings. The Morgan fingerprint density at radius 1 is 1.11 bits per heavy atom. The number of hydrogen-bond acceptors (Lipinski definition) is 4. The van der Waals surface area contributed by atoms with Gasteiger partial charge in [-0.3, -0.25) is 18.3 Å². The molecule has 0 bridgehead atoms. The number of benzene rings is 1. The van der Waals surface area contributed by atoms with Gasteiger partial charge in [0, 0.05) is 37.9 Å². The summed E-state index contributed by atoms with van der Waals surface area (Å²) in [6.45, 7) is 0.584. The van der Waals surface area contributed by atoms with Gasteiger partial charge < -0.3 is 9.67 Å². The molecule has 1 N–H and O–H groups in total. The first-order valence-electron chi connectivity index (χ1n) is 8.48. The highest BCUT2D eigenvalue weighted by Gasteiger charge is 2.20. The number of aryl methyl sites for hydroxylation is 2. The lowest BCUT2D eigenvalue weighted by Gasteiger charge is -2.08. The van der Waals surface area contributed by atoms with Crippen LogP contribution in [0.5, 0.6) is 0 Å². The maximum absolute atomic E-state index is 12.7. The second-order valence-corrected chi connectivity index (χ2v) is 7.33. The van der Waals surface area contributed by atoms with Crippen molar-refractivity contribution in [2.75, 3.05) is 6.61 Å². The summed E-state index contributed by atoms with van der Waals surface area (Å²) in [5, 5.41) is 9.29. The van der Waals surface area contributed by atoms with E-state index in [4.69, 9.17) is 0 Å². The van der Waals surface area contributed by atoms with Gasteiger partial charge in [0.2, 0.25) is 5.78 Å². The summed E-state index contributed by atoms with van der Waals surface area (Å²) >= 11 is 3.44. The van der Waals surface area contributed by atoms with Crippen molar-refractivity contribution in [3.8, 4) is 11.3 Å². The lowest BCUT2D eigenvalue weighted by molar-refractivity contribution is 0.280. The number of halogens is 1. The molecule has 0 radical (unpaired) electrons. The first kappa shape index (κ1) is 17.7. The highest BCUT2D eigenvalue weighted by atomic mass is 79.9. The molecule has 0 saturated carbocycles. The van der Waals surface area contributed by atoms with Gasteiger partial charge in [-0.05, 0) is 24.1 Å². The molecular formula is C18H18BrN5O3. The van der Waals surface area contributed by atoms with Gasteiger partial charge in [0.25, 0.3) is 5.56 Å². The second kappa shape index (κ2) is 6.50. The second-order valence-electron chi connectivity index (χ2n) is 6.41.